The molecule has 0 bridgehead atoms. The van der Waals surface area contributed by atoms with Crippen molar-refractivity contribution < 1.29 is 14.3 Å². The molecule has 2 aromatic carbocycles. The number of nitrogens with one attached hydrogen (secondary N) is 3. The van der Waals surface area contributed by atoms with Crippen molar-refractivity contribution in [3.05, 3.63) is 65.7 Å². The van der Waals surface area contributed by atoms with Gasteiger partial charge >= 0.3 is 6.03 Å². The fourth-order valence-electron chi connectivity index (χ4n) is 4.12. The minimum absolute atomic E-state index is 0.0102. The molecule has 31 heavy (non-hydrogen) atoms. The summed E-state index contributed by atoms with van der Waals surface area (Å²) in [5.74, 6) is 0.809. The van der Waals surface area contributed by atoms with Crippen LogP contribution in [-0.2, 0) is 4.79 Å². The van der Waals surface area contributed by atoms with Gasteiger partial charge in [0.05, 0.1) is 13.2 Å². The Kier molecular flexibility index (Phi) is 7.93. The minimum atomic E-state index is -0.282. The Balaban J connectivity index is 1.67. The zero-order chi connectivity index (χ0) is 22.2. The van der Waals surface area contributed by atoms with E-state index in [1.807, 2.05) is 68.4 Å². The van der Waals surface area contributed by atoms with Gasteiger partial charge in [-0.15, -0.1) is 0 Å². The molecular weight excluding hydrogens is 390 g/mol. The number of ether oxygens (including phenoxy) is 1. The third kappa shape index (κ3) is 6.48. The van der Waals surface area contributed by atoms with E-state index in [2.05, 4.69) is 16.0 Å². The lowest BCUT2D eigenvalue weighted by Gasteiger charge is -2.30. The van der Waals surface area contributed by atoms with Gasteiger partial charge in [0, 0.05) is 18.0 Å². The minimum Gasteiger partial charge on any atom is -0.497 e. The van der Waals surface area contributed by atoms with Gasteiger partial charge in [-0.25, -0.2) is 4.79 Å². The van der Waals surface area contributed by atoms with Gasteiger partial charge in [0.2, 0.25) is 5.91 Å². The number of urea groups is 1. The fourth-order valence-corrected chi connectivity index (χ4v) is 4.12. The highest BCUT2D eigenvalue weighted by Gasteiger charge is 2.29. The predicted molar refractivity (Wildman–Crippen MR) is 122 cm³/mol. The van der Waals surface area contributed by atoms with E-state index in [1.165, 1.54) is 0 Å². The molecule has 3 rings (SSSR count). The second-order valence-corrected chi connectivity index (χ2v) is 8.46. The second kappa shape index (κ2) is 10.8. The van der Waals surface area contributed by atoms with Crippen LogP contribution in [-0.4, -0.2) is 31.1 Å². The van der Waals surface area contributed by atoms with Crippen molar-refractivity contribution in [1.29, 1.82) is 0 Å². The van der Waals surface area contributed by atoms with Crippen molar-refractivity contribution in [3.63, 3.8) is 0 Å². The molecule has 6 heteroatoms. The maximum absolute atomic E-state index is 12.9. The molecule has 1 aliphatic rings. The molecule has 2 aromatic rings. The van der Waals surface area contributed by atoms with Crippen LogP contribution in [0, 0.1) is 5.92 Å². The van der Waals surface area contributed by atoms with Crippen molar-refractivity contribution in [1.82, 2.24) is 16.0 Å². The number of carbonyl (C=O) groups is 2. The largest absolute Gasteiger partial charge is 0.497 e. The van der Waals surface area contributed by atoms with Gasteiger partial charge in [0.15, 0.2) is 0 Å². The van der Waals surface area contributed by atoms with Gasteiger partial charge < -0.3 is 20.7 Å². The molecule has 1 fully saturated rings. The average Bonchev–Trinajstić information content (AvgIpc) is 2.78. The lowest BCUT2D eigenvalue weighted by Crippen LogP contribution is -2.47. The summed E-state index contributed by atoms with van der Waals surface area (Å²) in [6.07, 6.45) is 3.36. The molecule has 166 valence electrons. The van der Waals surface area contributed by atoms with Crippen molar-refractivity contribution in [2.75, 3.05) is 7.11 Å². The van der Waals surface area contributed by atoms with Crippen molar-refractivity contribution >= 4 is 11.9 Å². The van der Waals surface area contributed by atoms with Crippen LogP contribution >= 0.6 is 0 Å². The molecule has 0 spiro atoms. The summed E-state index contributed by atoms with van der Waals surface area (Å²) in [7, 11) is 1.63. The van der Waals surface area contributed by atoms with Crippen LogP contribution in [0.25, 0.3) is 0 Å². The Morgan fingerprint density at radius 2 is 1.61 bits per heavy atom. The van der Waals surface area contributed by atoms with Crippen LogP contribution in [0.4, 0.5) is 4.79 Å². The van der Waals surface area contributed by atoms with Crippen LogP contribution in [0.5, 0.6) is 5.75 Å². The molecule has 6 nitrogen and oxygen atoms in total. The lowest BCUT2D eigenvalue weighted by atomic mass is 9.85. The van der Waals surface area contributed by atoms with Gasteiger partial charge in [-0.1, -0.05) is 48.9 Å². The molecule has 3 amide bonds. The summed E-state index contributed by atoms with van der Waals surface area (Å²) in [5.41, 5.74) is 1.97. The quantitative estimate of drug-likeness (QED) is 0.625. The van der Waals surface area contributed by atoms with Crippen LogP contribution < -0.4 is 20.7 Å². The molecule has 3 atom stereocenters. The molecule has 0 aromatic heterocycles. The van der Waals surface area contributed by atoms with E-state index < -0.39 is 0 Å². The summed E-state index contributed by atoms with van der Waals surface area (Å²) in [5, 5.41) is 9.21. The van der Waals surface area contributed by atoms with Gasteiger partial charge in [-0.05, 0) is 56.4 Å². The number of benzene rings is 2. The molecule has 1 aliphatic carbocycles. The highest BCUT2D eigenvalue weighted by Crippen LogP contribution is 2.26. The summed E-state index contributed by atoms with van der Waals surface area (Å²) in [6.45, 7) is 3.93. The van der Waals surface area contributed by atoms with Gasteiger partial charge in [-0.2, -0.15) is 0 Å². The first kappa shape index (κ1) is 22.7. The number of hydrogen-bond donors (Lipinski definition) is 3. The highest BCUT2D eigenvalue weighted by molar-refractivity contribution is 5.79. The van der Waals surface area contributed by atoms with E-state index in [9.17, 15) is 9.59 Å². The Morgan fingerprint density at radius 3 is 2.26 bits per heavy atom. The van der Waals surface area contributed by atoms with Gasteiger partial charge in [-0.3, -0.25) is 4.79 Å². The molecule has 0 saturated heterocycles. The average molecular weight is 424 g/mol. The van der Waals surface area contributed by atoms with E-state index in [4.69, 9.17) is 4.74 Å². The first-order valence-corrected chi connectivity index (χ1v) is 11.0. The van der Waals surface area contributed by atoms with E-state index in [1.54, 1.807) is 7.11 Å². The molecule has 0 radical (unpaired) electrons. The monoisotopic (exact) mass is 423 g/mol. The normalized spacial score (nSPS) is 19.4. The first-order valence-electron chi connectivity index (χ1n) is 11.0. The fraction of sp³-hybridized carbons (Fsp3) is 0.440. The zero-order valence-corrected chi connectivity index (χ0v) is 18.6. The third-order valence-electron chi connectivity index (χ3n) is 5.67. The van der Waals surface area contributed by atoms with E-state index >= 15 is 0 Å². The van der Waals surface area contributed by atoms with Crippen molar-refractivity contribution in [3.8, 4) is 5.75 Å². The maximum atomic E-state index is 12.9. The van der Waals surface area contributed by atoms with Gasteiger partial charge in [0.25, 0.3) is 0 Å². The van der Waals surface area contributed by atoms with Crippen LogP contribution in [0.1, 0.15) is 56.7 Å². The van der Waals surface area contributed by atoms with E-state index in [0.717, 1.165) is 36.1 Å². The molecule has 0 heterocycles. The summed E-state index contributed by atoms with van der Waals surface area (Å²) < 4.78 is 5.26. The standard InChI is InChI=1S/C25H33N3O3/c1-17(2)26-24(29)20-10-7-11-21(16-20)27-25(30)28-23(18-8-5-4-6-9-18)19-12-14-22(31-3)15-13-19/h4-6,8-9,12-15,17,20-21,23H,7,10-11,16H2,1-3H3,(H,26,29)(H2,27,28,30). The second-order valence-electron chi connectivity index (χ2n) is 8.46. The number of hydrogen-bond acceptors (Lipinski definition) is 3. The molecule has 1 saturated carbocycles. The van der Waals surface area contributed by atoms with E-state index in [-0.39, 0.29) is 36.0 Å². The van der Waals surface area contributed by atoms with Crippen molar-refractivity contribution in [2.24, 2.45) is 5.92 Å². The van der Waals surface area contributed by atoms with Crippen LogP contribution in [0.2, 0.25) is 0 Å². The Morgan fingerprint density at radius 1 is 0.935 bits per heavy atom. The Bertz CT molecular complexity index is 852. The third-order valence-corrected chi connectivity index (χ3v) is 5.67. The Labute approximate surface area is 184 Å². The molecule has 3 unspecified atom stereocenters. The van der Waals surface area contributed by atoms with Crippen LogP contribution in [0.15, 0.2) is 54.6 Å². The Hall–Kier alpha value is -3.02. The number of carbonyl (C=O) groups excluding carboxylic acids is 2. The van der Waals surface area contributed by atoms with Crippen molar-refractivity contribution in [2.45, 2.75) is 57.7 Å². The first-order chi connectivity index (χ1) is 15.0. The lowest BCUT2D eigenvalue weighted by molar-refractivity contribution is -0.126. The number of methoxy groups -OCH3 is 1. The smallest absolute Gasteiger partial charge is 0.315 e. The SMILES string of the molecule is COc1ccc(C(NC(=O)NC2CCCC(C(=O)NC(C)C)C2)c2ccccc2)cc1. The summed E-state index contributed by atoms with van der Waals surface area (Å²) in [6, 6.07) is 17.2. The highest BCUT2D eigenvalue weighted by atomic mass is 16.5. The zero-order valence-electron chi connectivity index (χ0n) is 18.6. The van der Waals surface area contributed by atoms with Crippen LogP contribution in [0.3, 0.4) is 0 Å². The topological polar surface area (TPSA) is 79.5 Å². The molecular formula is C25H33N3O3. The summed E-state index contributed by atoms with van der Waals surface area (Å²) >= 11 is 0. The molecule has 3 N–H and O–H groups in total. The number of amides is 3. The predicted octanol–water partition coefficient (Wildman–Crippen LogP) is 4.17. The molecule has 0 aliphatic heterocycles. The van der Waals surface area contributed by atoms with E-state index in [0.29, 0.717) is 6.42 Å². The number of rotatable bonds is 7. The maximum Gasteiger partial charge on any atom is 0.315 e. The van der Waals surface area contributed by atoms with Gasteiger partial charge in [0.1, 0.15) is 5.75 Å². The summed E-state index contributed by atoms with van der Waals surface area (Å²) in [4.78, 5) is 25.3.